The smallest absolute Gasteiger partial charge is 0.273 e. The molecule has 4 rings (SSSR count). The van der Waals surface area contributed by atoms with Crippen LogP contribution >= 0.6 is 34.5 Å². The van der Waals surface area contributed by atoms with Crippen LogP contribution in [0.3, 0.4) is 0 Å². The predicted octanol–water partition coefficient (Wildman–Crippen LogP) is 4.96. The summed E-state index contributed by atoms with van der Waals surface area (Å²) in [6, 6.07) is 9.63. The van der Waals surface area contributed by atoms with Crippen LogP contribution in [0.2, 0.25) is 10.0 Å². The van der Waals surface area contributed by atoms with Crippen molar-refractivity contribution in [1.82, 2.24) is 9.88 Å². The maximum atomic E-state index is 13.8. The van der Waals surface area contributed by atoms with E-state index < -0.39 is 12.0 Å². The summed E-state index contributed by atoms with van der Waals surface area (Å²) in [4.78, 5) is 35.0. The van der Waals surface area contributed by atoms with Gasteiger partial charge in [0.05, 0.1) is 36.6 Å². The first-order valence-corrected chi connectivity index (χ1v) is 12.3. The fourth-order valence-corrected chi connectivity index (χ4v) is 5.22. The number of aryl methyl sites for hydroxylation is 1. The Morgan fingerprint density at radius 2 is 1.89 bits per heavy atom. The number of aliphatic hydroxyl groups is 1. The van der Waals surface area contributed by atoms with Crippen LogP contribution in [-0.2, 0) is 0 Å². The second-order valence-electron chi connectivity index (χ2n) is 7.90. The lowest BCUT2D eigenvalue weighted by atomic mass is 10.1. The molecule has 1 N–H and O–H groups in total. The second-order valence-corrected chi connectivity index (χ2v) is 9.92. The van der Waals surface area contributed by atoms with Gasteiger partial charge in [-0.05, 0) is 43.7 Å². The lowest BCUT2D eigenvalue weighted by molar-refractivity contribution is 0.0759. The zero-order chi connectivity index (χ0) is 25.3. The summed E-state index contributed by atoms with van der Waals surface area (Å²) in [5.74, 6) is 0.168. The van der Waals surface area contributed by atoms with Gasteiger partial charge in [-0.2, -0.15) is 0 Å². The van der Waals surface area contributed by atoms with E-state index in [0.29, 0.717) is 40.1 Å². The van der Waals surface area contributed by atoms with Gasteiger partial charge in [-0.3, -0.25) is 14.5 Å². The molecule has 1 aliphatic heterocycles. The predicted molar refractivity (Wildman–Crippen MR) is 136 cm³/mol. The van der Waals surface area contributed by atoms with Gasteiger partial charge in [0.2, 0.25) is 0 Å². The summed E-state index contributed by atoms with van der Waals surface area (Å²) in [7, 11) is 3.02. The van der Waals surface area contributed by atoms with Crippen LogP contribution in [0.4, 0.5) is 10.8 Å². The number of ether oxygens (including phenoxy) is 2. The number of thiazole rings is 1. The van der Waals surface area contributed by atoms with E-state index in [9.17, 15) is 14.7 Å². The molecule has 184 valence electrons. The summed E-state index contributed by atoms with van der Waals surface area (Å²) in [6.45, 7) is 2.47. The Labute approximate surface area is 216 Å². The summed E-state index contributed by atoms with van der Waals surface area (Å²) in [6.07, 6.45) is -0.0261. The molecule has 0 spiro atoms. The largest absolute Gasteiger partial charge is 0.493 e. The Kier molecular flexibility index (Phi) is 7.51. The van der Waals surface area contributed by atoms with Crippen molar-refractivity contribution < 1.29 is 24.2 Å². The van der Waals surface area contributed by atoms with Crippen molar-refractivity contribution in [2.24, 2.45) is 0 Å². The number of β-amino-alcohol motifs (C(OH)–C–C–N with tert-alkyl or cyclic N) is 1. The van der Waals surface area contributed by atoms with Crippen molar-refractivity contribution in [3.05, 3.63) is 62.6 Å². The minimum absolute atomic E-state index is 0.184. The molecular formula is C24H23Cl2N3O5S. The van der Waals surface area contributed by atoms with Crippen molar-refractivity contribution >= 4 is 57.2 Å². The average Bonchev–Trinajstić information content (AvgIpc) is 3.44. The van der Waals surface area contributed by atoms with E-state index in [2.05, 4.69) is 4.98 Å². The zero-order valence-electron chi connectivity index (χ0n) is 19.2. The normalized spacial score (nSPS) is 15.3. The Bertz CT molecular complexity index is 1280. The third-order valence-corrected chi connectivity index (χ3v) is 7.12. The van der Waals surface area contributed by atoms with E-state index in [0.717, 1.165) is 0 Å². The summed E-state index contributed by atoms with van der Waals surface area (Å²) in [5, 5.41) is 10.7. The van der Waals surface area contributed by atoms with Gasteiger partial charge in [-0.25, -0.2) is 4.98 Å². The number of anilines is 2. The van der Waals surface area contributed by atoms with Gasteiger partial charge in [-0.1, -0.05) is 23.2 Å². The summed E-state index contributed by atoms with van der Waals surface area (Å²) >= 11 is 13.6. The molecule has 0 radical (unpaired) electrons. The molecule has 2 aromatic carbocycles. The van der Waals surface area contributed by atoms with Crippen LogP contribution in [-0.4, -0.2) is 60.2 Å². The van der Waals surface area contributed by atoms with E-state index >= 15 is 0 Å². The number of methoxy groups -OCH3 is 2. The number of halogens is 2. The number of amides is 2. The number of rotatable bonds is 6. The molecule has 0 saturated carbocycles. The summed E-state index contributed by atoms with van der Waals surface area (Å²) < 4.78 is 10.8. The third-order valence-electron chi connectivity index (χ3n) is 5.62. The van der Waals surface area contributed by atoms with E-state index in [1.807, 2.05) is 0 Å². The number of benzene rings is 2. The Hall–Kier alpha value is -2.85. The lowest BCUT2D eigenvalue weighted by Crippen LogP contribution is -2.30. The zero-order valence-corrected chi connectivity index (χ0v) is 21.6. The van der Waals surface area contributed by atoms with Gasteiger partial charge in [0, 0.05) is 29.1 Å². The Morgan fingerprint density at radius 3 is 2.51 bits per heavy atom. The molecule has 1 atom stereocenters. The number of hydrogen-bond donors (Lipinski definition) is 1. The molecule has 1 aliphatic rings. The summed E-state index contributed by atoms with van der Waals surface area (Å²) in [5.41, 5.74) is 0.900. The SMILES string of the molecule is COc1ccc(N(C(=O)c2ccc(Cl)cc2Cl)c2nc(C(=O)N3CCC(O)C3)c(C)s2)cc1OC. The minimum Gasteiger partial charge on any atom is -0.493 e. The standard InChI is InChI=1S/C24H23Cl2N3O5S/c1-13-21(23(32)28-9-8-16(30)12-28)27-24(35-13)29(15-5-7-19(33-2)20(11-15)34-3)22(31)17-6-4-14(25)10-18(17)26/h4-7,10-11,16,30H,8-9,12H2,1-3H3. The van der Waals surface area contributed by atoms with Gasteiger partial charge in [0.1, 0.15) is 5.69 Å². The van der Waals surface area contributed by atoms with Crippen molar-refractivity contribution in [2.75, 3.05) is 32.2 Å². The number of carbonyl (C=O) groups excluding carboxylic acids is 2. The number of carbonyl (C=O) groups is 2. The Balaban J connectivity index is 1.81. The first-order chi connectivity index (χ1) is 16.7. The molecule has 0 bridgehead atoms. The fraction of sp³-hybridized carbons (Fsp3) is 0.292. The second kappa shape index (κ2) is 10.4. The number of likely N-dealkylation sites (tertiary alicyclic amines) is 1. The lowest BCUT2D eigenvalue weighted by Gasteiger charge is -2.22. The van der Waals surface area contributed by atoms with Crippen LogP contribution in [0, 0.1) is 6.92 Å². The van der Waals surface area contributed by atoms with Gasteiger partial charge < -0.3 is 19.5 Å². The highest BCUT2D eigenvalue weighted by Gasteiger charge is 2.31. The molecule has 2 heterocycles. The van der Waals surface area contributed by atoms with Crippen LogP contribution in [0.1, 0.15) is 32.1 Å². The molecule has 2 amide bonds. The third kappa shape index (κ3) is 5.08. The molecular weight excluding hydrogens is 513 g/mol. The molecule has 1 unspecified atom stereocenters. The fourth-order valence-electron chi connectivity index (χ4n) is 3.81. The van der Waals surface area contributed by atoms with Crippen molar-refractivity contribution in [3.63, 3.8) is 0 Å². The number of hydrogen-bond acceptors (Lipinski definition) is 7. The number of aromatic nitrogens is 1. The van der Waals surface area contributed by atoms with Crippen LogP contribution < -0.4 is 14.4 Å². The van der Waals surface area contributed by atoms with Gasteiger partial charge >= 0.3 is 0 Å². The van der Waals surface area contributed by atoms with Crippen LogP contribution in [0.25, 0.3) is 0 Å². The highest BCUT2D eigenvalue weighted by molar-refractivity contribution is 7.16. The number of aliphatic hydroxyl groups excluding tert-OH is 1. The van der Waals surface area contributed by atoms with Crippen molar-refractivity contribution in [3.8, 4) is 11.5 Å². The topological polar surface area (TPSA) is 92.2 Å². The van der Waals surface area contributed by atoms with Crippen molar-refractivity contribution in [2.45, 2.75) is 19.4 Å². The molecule has 1 saturated heterocycles. The molecule has 8 nitrogen and oxygen atoms in total. The monoisotopic (exact) mass is 535 g/mol. The number of nitrogens with zero attached hydrogens (tertiary/aromatic N) is 3. The van der Waals surface area contributed by atoms with Gasteiger partial charge in [0.15, 0.2) is 16.6 Å². The molecule has 1 aromatic heterocycles. The maximum Gasteiger partial charge on any atom is 0.273 e. The first-order valence-electron chi connectivity index (χ1n) is 10.7. The Morgan fingerprint density at radius 1 is 1.14 bits per heavy atom. The highest BCUT2D eigenvalue weighted by Crippen LogP contribution is 2.39. The molecule has 1 fully saturated rings. The first kappa shape index (κ1) is 25.2. The molecule has 3 aromatic rings. The van der Waals surface area contributed by atoms with E-state index in [4.69, 9.17) is 32.7 Å². The maximum absolute atomic E-state index is 13.8. The molecule has 0 aliphatic carbocycles. The minimum atomic E-state index is -0.547. The average molecular weight is 536 g/mol. The van der Waals surface area contributed by atoms with Crippen LogP contribution in [0.5, 0.6) is 11.5 Å². The van der Waals surface area contributed by atoms with E-state index in [1.54, 1.807) is 42.2 Å². The quantitative estimate of drug-likeness (QED) is 0.479. The van der Waals surface area contributed by atoms with Gasteiger partial charge in [-0.15, -0.1) is 11.3 Å². The highest BCUT2D eigenvalue weighted by atomic mass is 35.5. The van der Waals surface area contributed by atoms with Crippen LogP contribution in [0.15, 0.2) is 36.4 Å². The molecule has 35 heavy (non-hydrogen) atoms. The van der Waals surface area contributed by atoms with Gasteiger partial charge in [0.25, 0.3) is 11.8 Å². The van der Waals surface area contributed by atoms with E-state index in [-0.39, 0.29) is 33.9 Å². The van der Waals surface area contributed by atoms with Crippen molar-refractivity contribution in [1.29, 1.82) is 0 Å². The van der Waals surface area contributed by atoms with E-state index in [1.165, 1.54) is 36.5 Å². The molecule has 11 heteroatoms.